The maximum atomic E-state index is 6.18. The predicted molar refractivity (Wildman–Crippen MR) is 122 cm³/mol. The highest BCUT2D eigenvalue weighted by molar-refractivity contribution is 5.39. The Bertz CT molecular complexity index is 834. The van der Waals surface area contributed by atoms with E-state index in [0.29, 0.717) is 39.6 Å². The number of para-hydroxylation sites is 2. The first-order chi connectivity index (χ1) is 15.3. The van der Waals surface area contributed by atoms with Gasteiger partial charge in [0.1, 0.15) is 13.2 Å². The van der Waals surface area contributed by atoms with E-state index in [2.05, 4.69) is 60.7 Å². The SMILES string of the molecule is c1ccc(CC2(Cc3ccccc3)COCCOc3ccccc3OCCOC2)cc1. The molecule has 3 aromatic rings. The lowest BCUT2D eigenvalue weighted by Gasteiger charge is -2.34. The third-order valence-electron chi connectivity index (χ3n) is 5.48. The average molecular weight is 419 g/mol. The fraction of sp³-hybridized carbons (Fsp3) is 0.333. The normalized spacial score (nSPS) is 17.0. The zero-order valence-corrected chi connectivity index (χ0v) is 17.9. The third kappa shape index (κ3) is 6.33. The minimum Gasteiger partial charge on any atom is -0.487 e. The van der Waals surface area contributed by atoms with E-state index in [1.165, 1.54) is 11.1 Å². The molecule has 3 aromatic carbocycles. The van der Waals surface area contributed by atoms with E-state index in [0.717, 1.165) is 24.3 Å². The molecule has 0 N–H and O–H groups in total. The largest absolute Gasteiger partial charge is 0.487 e. The van der Waals surface area contributed by atoms with Crippen LogP contribution < -0.4 is 9.47 Å². The van der Waals surface area contributed by atoms with Crippen LogP contribution in [0.15, 0.2) is 84.9 Å². The summed E-state index contributed by atoms with van der Waals surface area (Å²) in [5, 5.41) is 0. The highest BCUT2D eigenvalue weighted by atomic mass is 16.6. The van der Waals surface area contributed by atoms with Gasteiger partial charge in [0.25, 0.3) is 0 Å². The number of ether oxygens (including phenoxy) is 4. The molecule has 0 saturated carbocycles. The summed E-state index contributed by atoms with van der Waals surface area (Å²) >= 11 is 0. The first-order valence-electron chi connectivity index (χ1n) is 10.9. The number of rotatable bonds is 4. The van der Waals surface area contributed by atoms with Crippen LogP contribution in [0.25, 0.3) is 0 Å². The summed E-state index contributed by atoms with van der Waals surface area (Å²) in [6.45, 7) is 3.19. The Kier molecular flexibility index (Phi) is 7.59. The molecule has 0 aliphatic carbocycles. The summed E-state index contributed by atoms with van der Waals surface area (Å²) < 4.78 is 24.2. The fourth-order valence-corrected chi connectivity index (χ4v) is 4.05. The van der Waals surface area contributed by atoms with E-state index in [1.807, 2.05) is 24.3 Å². The molecule has 0 fully saturated rings. The van der Waals surface area contributed by atoms with Crippen LogP contribution in [0.1, 0.15) is 11.1 Å². The Hall–Kier alpha value is -2.82. The summed E-state index contributed by atoms with van der Waals surface area (Å²) in [6.07, 6.45) is 1.76. The molecule has 0 unspecified atom stereocenters. The Labute approximate surface area is 184 Å². The molecule has 0 aromatic heterocycles. The van der Waals surface area contributed by atoms with Gasteiger partial charge in [-0.1, -0.05) is 72.8 Å². The molecule has 0 radical (unpaired) electrons. The maximum absolute atomic E-state index is 6.18. The smallest absolute Gasteiger partial charge is 0.161 e. The Morgan fingerprint density at radius 3 is 1.39 bits per heavy atom. The second kappa shape index (κ2) is 11.0. The van der Waals surface area contributed by atoms with Crippen molar-refractivity contribution in [3.05, 3.63) is 96.1 Å². The first-order valence-corrected chi connectivity index (χ1v) is 10.9. The van der Waals surface area contributed by atoms with Gasteiger partial charge in [-0.05, 0) is 36.1 Å². The Morgan fingerprint density at radius 2 is 0.935 bits per heavy atom. The molecule has 1 aliphatic heterocycles. The van der Waals surface area contributed by atoms with E-state index in [9.17, 15) is 0 Å². The van der Waals surface area contributed by atoms with Crippen molar-refractivity contribution < 1.29 is 18.9 Å². The van der Waals surface area contributed by atoms with Crippen molar-refractivity contribution in [2.24, 2.45) is 5.41 Å². The molecular formula is C27H30O4. The average Bonchev–Trinajstić information content (AvgIpc) is 2.82. The van der Waals surface area contributed by atoms with Crippen molar-refractivity contribution in [3.63, 3.8) is 0 Å². The molecule has 31 heavy (non-hydrogen) atoms. The Balaban J connectivity index is 1.53. The van der Waals surface area contributed by atoms with Gasteiger partial charge in [-0.25, -0.2) is 0 Å². The van der Waals surface area contributed by atoms with Crippen LogP contribution in [0.2, 0.25) is 0 Å². The summed E-state index contributed by atoms with van der Waals surface area (Å²) in [6, 6.07) is 28.9. The zero-order valence-electron chi connectivity index (χ0n) is 17.9. The van der Waals surface area contributed by atoms with Gasteiger partial charge in [-0.2, -0.15) is 0 Å². The molecule has 1 heterocycles. The molecule has 4 heteroatoms. The number of fused-ring (bicyclic) bond motifs is 1. The van der Waals surface area contributed by atoms with E-state index < -0.39 is 0 Å². The second-order valence-electron chi connectivity index (χ2n) is 8.07. The zero-order chi connectivity index (χ0) is 21.2. The van der Waals surface area contributed by atoms with Crippen LogP contribution in [-0.2, 0) is 22.3 Å². The van der Waals surface area contributed by atoms with Gasteiger partial charge in [0.05, 0.1) is 26.4 Å². The maximum Gasteiger partial charge on any atom is 0.161 e. The van der Waals surface area contributed by atoms with E-state index >= 15 is 0 Å². The van der Waals surface area contributed by atoms with E-state index in [-0.39, 0.29) is 5.41 Å². The Morgan fingerprint density at radius 1 is 0.516 bits per heavy atom. The predicted octanol–water partition coefficient (Wildman–Crippen LogP) is 4.96. The lowest BCUT2D eigenvalue weighted by molar-refractivity contribution is -0.0310. The van der Waals surface area contributed by atoms with Crippen molar-refractivity contribution in [3.8, 4) is 11.5 Å². The summed E-state index contributed by atoms with van der Waals surface area (Å²) in [4.78, 5) is 0. The molecule has 4 rings (SSSR count). The monoisotopic (exact) mass is 418 g/mol. The van der Waals surface area contributed by atoms with Crippen molar-refractivity contribution in [1.29, 1.82) is 0 Å². The molecule has 162 valence electrons. The molecule has 0 bridgehead atoms. The lowest BCUT2D eigenvalue weighted by Crippen LogP contribution is -2.38. The van der Waals surface area contributed by atoms with Crippen LogP contribution in [0.3, 0.4) is 0 Å². The van der Waals surface area contributed by atoms with Gasteiger partial charge in [0.15, 0.2) is 11.5 Å². The van der Waals surface area contributed by atoms with Crippen molar-refractivity contribution in [1.82, 2.24) is 0 Å². The number of benzene rings is 3. The summed E-state index contributed by atoms with van der Waals surface area (Å²) in [5.41, 5.74) is 2.40. The number of hydrogen-bond acceptors (Lipinski definition) is 4. The first kappa shape index (κ1) is 21.4. The lowest BCUT2D eigenvalue weighted by atomic mass is 9.77. The van der Waals surface area contributed by atoms with Crippen LogP contribution >= 0.6 is 0 Å². The van der Waals surface area contributed by atoms with E-state index in [1.54, 1.807) is 0 Å². The second-order valence-corrected chi connectivity index (χ2v) is 8.07. The highest BCUT2D eigenvalue weighted by Crippen LogP contribution is 2.31. The molecule has 0 amide bonds. The molecule has 4 nitrogen and oxygen atoms in total. The molecule has 1 aliphatic rings. The van der Waals surface area contributed by atoms with Gasteiger partial charge >= 0.3 is 0 Å². The van der Waals surface area contributed by atoms with Gasteiger partial charge < -0.3 is 18.9 Å². The summed E-state index contributed by atoms with van der Waals surface area (Å²) in [7, 11) is 0. The minimum absolute atomic E-state index is 0.177. The quantitative estimate of drug-likeness (QED) is 0.600. The van der Waals surface area contributed by atoms with Crippen LogP contribution in [0.5, 0.6) is 11.5 Å². The van der Waals surface area contributed by atoms with Gasteiger partial charge in [0, 0.05) is 5.41 Å². The molecule has 0 spiro atoms. The third-order valence-corrected chi connectivity index (χ3v) is 5.48. The van der Waals surface area contributed by atoms with Gasteiger partial charge in [-0.15, -0.1) is 0 Å². The standard InChI is InChI=1S/C27H30O4/c1-3-9-23(10-4-1)19-27(20-24-11-5-2-6-12-24)21-28-15-17-30-25-13-7-8-14-26(25)31-18-16-29-22-27/h1-14H,15-22H2. The topological polar surface area (TPSA) is 36.9 Å². The van der Waals surface area contributed by atoms with Crippen LogP contribution in [0.4, 0.5) is 0 Å². The van der Waals surface area contributed by atoms with E-state index in [4.69, 9.17) is 18.9 Å². The summed E-state index contributed by atoms with van der Waals surface area (Å²) in [5.74, 6) is 1.48. The van der Waals surface area contributed by atoms with Gasteiger partial charge in [0.2, 0.25) is 0 Å². The minimum atomic E-state index is -0.177. The number of hydrogen-bond donors (Lipinski definition) is 0. The van der Waals surface area contributed by atoms with Crippen molar-refractivity contribution in [2.45, 2.75) is 12.8 Å². The molecule has 0 atom stereocenters. The van der Waals surface area contributed by atoms with Crippen LogP contribution in [-0.4, -0.2) is 39.6 Å². The van der Waals surface area contributed by atoms with Gasteiger partial charge in [-0.3, -0.25) is 0 Å². The fourth-order valence-electron chi connectivity index (χ4n) is 4.05. The van der Waals surface area contributed by atoms with Crippen LogP contribution in [0, 0.1) is 5.41 Å². The highest BCUT2D eigenvalue weighted by Gasteiger charge is 2.32. The van der Waals surface area contributed by atoms with Crippen molar-refractivity contribution in [2.75, 3.05) is 39.6 Å². The molecule has 0 saturated heterocycles. The van der Waals surface area contributed by atoms with Crippen molar-refractivity contribution >= 4 is 0 Å². The molecular weight excluding hydrogens is 388 g/mol.